The van der Waals surface area contributed by atoms with Crippen LogP contribution in [0.1, 0.15) is 16.7 Å². The van der Waals surface area contributed by atoms with Crippen LogP contribution in [-0.2, 0) is 27.8 Å². The molecule has 7 nitrogen and oxygen atoms in total. The molecule has 37 heavy (non-hydrogen) atoms. The van der Waals surface area contributed by atoms with Crippen molar-refractivity contribution in [2.75, 3.05) is 46.4 Å². The van der Waals surface area contributed by atoms with E-state index in [1.54, 1.807) is 17.0 Å². The maximum absolute atomic E-state index is 13.8. The molecular weight excluding hydrogens is 486 g/mol. The van der Waals surface area contributed by atoms with E-state index in [1.165, 1.54) is 17.0 Å². The van der Waals surface area contributed by atoms with Crippen LogP contribution in [0.5, 0.6) is 5.75 Å². The van der Waals surface area contributed by atoms with Crippen molar-refractivity contribution < 1.29 is 17.9 Å². The van der Waals surface area contributed by atoms with Crippen molar-refractivity contribution in [1.29, 1.82) is 0 Å². The number of sulfonamides is 1. The summed E-state index contributed by atoms with van der Waals surface area (Å²) in [6.07, 6.45) is 0.506. The van der Waals surface area contributed by atoms with Crippen LogP contribution in [0, 0.1) is 6.92 Å². The second-order valence-electron chi connectivity index (χ2n) is 9.37. The molecule has 0 bridgehead atoms. The zero-order chi connectivity index (χ0) is 26.3. The largest absolute Gasteiger partial charge is 0.495 e. The van der Waals surface area contributed by atoms with Gasteiger partial charge in [-0.25, -0.2) is 8.42 Å². The van der Waals surface area contributed by atoms with Crippen molar-refractivity contribution in [1.82, 2.24) is 14.1 Å². The molecule has 1 amide bonds. The summed E-state index contributed by atoms with van der Waals surface area (Å²) in [6.45, 7) is 5.33. The number of amides is 1. The number of aryl methyl sites for hydroxylation is 1. The van der Waals surface area contributed by atoms with Gasteiger partial charge in [0.25, 0.3) is 0 Å². The first-order valence-electron chi connectivity index (χ1n) is 12.6. The lowest BCUT2D eigenvalue weighted by Crippen LogP contribution is -2.51. The van der Waals surface area contributed by atoms with E-state index >= 15 is 0 Å². The molecule has 0 atom stereocenters. The fourth-order valence-corrected chi connectivity index (χ4v) is 6.19. The van der Waals surface area contributed by atoms with Gasteiger partial charge in [-0.15, -0.1) is 0 Å². The third-order valence-electron chi connectivity index (χ3n) is 6.72. The lowest BCUT2D eigenvalue weighted by atomic mass is 10.1. The van der Waals surface area contributed by atoms with Crippen LogP contribution < -0.4 is 4.74 Å². The molecule has 8 heteroatoms. The molecule has 0 saturated carbocycles. The molecule has 1 heterocycles. The van der Waals surface area contributed by atoms with Crippen LogP contribution in [-0.4, -0.2) is 74.8 Å². The highest BCUT2D eigenvalue weighted by Gasteiger charge is 2.32. The molecule has 4 rings (SSSR count). The standard InChI is InChI=1S/C29H35N3O4S/c1-24-13-14-27(36-2)28(21-24)37(34,35)32(16-15-25-9-5-3-6-10-25)23-29(33)31-19-17-30(18-20-31)22-26-11-7-4-8-12-26/h3-14,21H,15-20,22-23H2,1-2H3. The Labute approximate surface area is 220 Å². The normalized spacial score (nSPS) is 14.6. The van der Waals surface area contributed by atoms with Crippen LogP contribution in [0.4, 0.5) is 0 Å². The number of hydrogen-bond donors (Lipinski definition) is 0. The Morgan fingerprint density at radius 2 is 1.51 bits per heavy atom. The van der Waals surface area contributed by atoms with Gasteiger partial charge < -0.3 is 9.64 Å². The van der Waals surface area contributed by atoms with E-state index in [2.05, 4.69) is 17.0 Å². The van der Waals surface area contributed by atoms with Crippen molar-refractivity contribution in [3.8, 4) is 5.75 Å². The summed E-state index contributed by atoms with van der Waals surface area (Å²) in [5.74, 6) is 0.0971. The van der Waals surface area contributed by atoms with Gasteiger partial charge in [-0.05, 0) is 42.2 Å². The number of piperazine rings is 1. The highest BCUT2D eigenvalue weighted by atomic mass is 32.2. The summed E-state index contributed by atoms with van der Waals surface area (Å²) in [5, 5.41) is 0. The molecule has 1 aliphatic rings. The second-order valence-corrected chi connectivity index (χ2v) is 11.3. The average Bonchev–Trinajstić information content (AvgIpc) is 2.92. The molecule has 3 aromatic carbocycles. The number of ether oxygens (including phenoxy) is 1. The lowest BCUT2D eigenvalue weighted by molar-refractivity contribution is -0.133. The van der Waals surface area contributed by atoms with Crippen LogP contribution in [0.15, 0.2) is 83.8 Å². The second kappa shape index (κ2) is 12.4. The van der Waals surface area contributed by atoms with Gasteiger partial charge in [0.15, 0.2) is 0 Å². The van der Waals surface area contributed by atoms with E-state index in [4.69, 9.17) is 4.74 Å². The Bertz CT molecular complexity index is 1280. The zero-order valence-corrected chi connectivity index (χ0v) is 22.4. The molecule has 0 aliphatic carbocycles. The van der Waals surface area contributed by atoms with E-state index in [1.807, 2.05) is 61.5 Å². The van der Waals surface area contributed by atoms with Gasteiger partial charge in [0.05, 0.1) is 13.7 Å². The zero-order valence-electron chi connectivity index (χ0n) is 21.5. The minimum Gasteiger partial charge on any atom is -0.495 e. The number of carbonyl (C=O) groups is 1. The monoisotopic (exact) mass is 521 g/mol. The summed E-state index contributed by atoms with van der Waals surface area (Å²) >= 11 is 0. The maximum Gasteiger partial charge on any atom is 0.247 e. The first kappa shape index (κ1) is 26.9. The fourth-order valence-electron chi connectivity index (χ4n) is 4.56. The maximum atomic E-state index is 13.8. The van der Waals surface area contributed by atoms with Gasteiger partial charge >= 0.3 is 0 Å². The Hall–Kier alpha value is -3.20. The fraction of sp³-hybridized carbons (Fsp3) is 0.345. The molecule has 0 unspecified atom stereocenters. The summed E-state index contributed by atoms with van der Waals surface area (Å²) in [5.41, 5.74) is 3.07. The van der Waals surface area contributed by atoms with Crippen molar-refractivity contribution >= 4 is 15.9 Å². The van der Waals surface area contributed by atoms with Crippen molar-refractivity contribution in [2.45, 2.75) is 24.8 Å². The summed E-state index contributed by atoms with van der Waals surface area (Å²) in [4.78, 5) is 17.5. The van der Waals surface area contributed by atoms with Gasteiger partial charge in [0.2, 0.25) is 15.9 Å². The van der Waals surface area contributed by atoms with Gasteiger partial charge in [-0.1, -0.05) is 66.7 Å². The summed E-state index contributed by atoms with van der Waals surface area (Å²) in [6, 6.07) is 25.1. The number of nitrogens with zero attached hydrogens (tertiary/aromatic N) is 3. The minimum atomic E-state index is -3.97. The third kappa shape index (κ3) is 6.97. The van der Waals surface area contributed by atoms with Gasteiger partial charge in [0, 0.05) is 39.3 Å². The van der Waals surface area contributed by atoms with Crippen molar-refractivity contribution in [3.63, 3.8) is 0 Å². The lowest BCUT2D eigenvalue weighted by Gasteiger charge is -2.35. The van der Waals surface area contributed by atoms with E-state index in [-0.39, 0.29) is 29.6 Å². The van der Waals surface area contributed by atoms with E-state index < -0.39 is 10.0 Å². The van der Waals surface area contributed by atoms with Crippen LogP contribution in [0.25, 0.3) is 0 Å². The average molecular weight is 522 g/mol. The van der Waals surface area contributed by atoms with Crippen molar-refractivity contribution in [3.05, 3.63) is 95.6 Å². The number of carbonyl (C=O) groups excluding carboxylic acids is 1. The Kier molecular flexibility index (Phi) is 8.97. The Morgan fingerprint density at radius 1 is 0.892 bits per heavy atom. The summed E-state index contributed by atoms with van der Waals surface area (Å²) in [7, 11) is -2.51. The SMILES string of the molecule is COc1ccc(C)cc1S(=O)(=O)N(CCc1ccccc1)CC(=O)N1CCN(Cc2ccccc2)CC1. The predicted molar refractivity (Wildman–Crippen MR) is 145 cm³/mol. The first-order valence-corrected chi connectivity index (χ1v) is 14.0. The number of hydrogen-bond acceptors (Lipinski definition) is 5. The molecule has 0 radical (unpaired) electrons. The van der Waals surface area contributed by atoms with E-state index in [0.29, 0.717) is 19.5 Å². The smallest absolute Gasteiger partial charge is 0.247 e. The molecule has 3 aromatic rings. The van der Waals surface area contributed by atoms with E-state index in [9.17, 15) is 13.2 Å². The quantitative estimate of drug-likeness (QED) is 0.408. The van der Waals surface area contributed by atoms with E-state index in [0.717, 1.165) is 30.8 Å². The van der Waals surface area contributed by atoms with Crippen LogP contribution in [0.2, 0.25) is 0 Å². The molecule has 1 saturated heterocycles. The number of rotatable bonds is 10. The number of benzene rings is 3. The first-order chi connectivity index (χ1) is 17.9. The van der Waals surface area contributed by atoms with Gasteiger partial charge in [-0.2, -0.15) is 4.31 Å². The van der Waals surface area contributed by atoms with Gasteiger partial charge in [-0.3, -0.25) is 9.69 Å². The molecule has 0 N–H and O–H groups in total. The molecule has 1 aliphatic heterocycles. The predicted octanol–water partition coefficient (Wildman–Crippen LogP) is 3.58. The highest BCUT2D eigenvalue weighted by molar-refractivity contribution is 7.89. The molecule has 0 aromatic heterocycles. The van der Waals surface area contributed by atoms with Gasteiger partial charge in [0.1, 0.15) is 10.6 Å². The molecular formula is C29H35N3O4S. The Morgan fingerprint density at radius 3 is 2.14 bits per heavy atom. The van der Waals surface area contributed by atoms with Crippen LogP contribution in [0.3, 0.4) is 0 Å². The Balaban J connectivity index is 1.48. The number of methoxy groups -OCH3 is 1. The third-order valence-corrected chi connectivity index (χ3v) is 8.58. The van der Waals surface area contributed by atoms with Crippen molar-refractivity contribution in [2.24, 2.45) is 0 Å². The highest BCUT2D eigenvalue weighted by Crippen LogP contribution is 2.28. The molecule has 1 fully saturated rings. The minimum absolute atomic E-state index is 0.0866. The molecule has 196 valence electrons. The summed E-state index contributed by atoms with van der Waals surface area (Å²) < 4.78 is 34.3. The molecule has 0 spiro atoms. The topological polar surface area (TPSA) is 70.2 Å². The van der Waals surface area contributed by atoms with Crippen LogP contribution >= 0.6 is 0 Å².